The van der Waals surface area contributed by atoms with E-state index in [0.29, 0.717) is 5.95 Å². The topological polar surface area (TPSA) is 138 Å². The number of hydrogen-bond donors (Lipinski definition) is 3. The monoisotopic (exact) mass is 554 g/mol. The molecule has 1 saturated carbocycles. The van der Waals surface area contributed by atoms with Crippen LogP contribution in [0.15, 0.2) is 61.4 Å². The molecule has 3 atom stereocenters. The lowest BCUT2D eigenvalue weighted by molar-refractivity contribution is 0.0254. The highest BCUT2D eigenvalue weighted by atomic mass is 19.1. The Hall–Kier alpha value is -4.42. The Kier molecular flexibility index (Phi) is 6.16. The molecule has 11 nitrogen and oxygen atoms in total. The standard InChI is InChI=1S/C29H31FN10O/c1-29(31,19-2-4-21(30)5-3-19)20-14-32-28(33-15-20)39-10-8-38(9-11-39)27-22-12-23(37-26(22)34-17-35-27)18-13-36-40(16-18)24-6-7-25(24)41/h2-5,12-17,24-25,41H,6-11,31H2,1H3,(H,34,35,37)/t24-,25-,29?/m0/s1. The molecule has 41 heavy (non-hydrogen) atoms. The fourth-order valence-corrected chi connectivity index (χ4v) is 5.60. The first-order valence-electron chi connectivity index (χ1n) is 13.8. The number of piperazine rings is 1. The minimum Gasteiger partial charge on any atom is -0.391 e. The van der Waals surface area contributed by atoms with Crippen molar-refractivity contribution in [3.63, 3.8) is 0 Å². The van der Waals surface area contributed by atoms with Crippen LogP contribution in [0.25, 0.3) is 22.3 Å². The first kappa shape index (κ1) is 25.5. The lowest BCUT2D eigenvalue weighted by Crippen LogP contribution is -2.47. The second kappa shape index (κ2) is 9.89. The molecule has 1 unspecified atom stereocenters. The van der Waals surface area contributed by atoms with Gasteiger partial charge in [-0.1, -0.05) is 12.1 Å². The molecule has 0 spiro atoms. The summed E-state index contributed by atoms with van der Waals surface area (Å²) in [4.78, 5) is 26.1. The fourth-order valence-electron chi connectivity index (χ4n) is 5.60. The van der Waals surface area contributed by atoms with Crippen molar-refractivity contribution in [1.29, 1.82) is 0 Å². The van der Waals surface area contributed by atoms with Crippen LogP contribution in [0.1, 0.15) is 36.9 Å². The molecule has 1 aromatic carbocycles. The summed E-state index contributed by atoms with van der Waals surface area (Å²) in [7, 11) is 0. The average molecular weight is 555 g/mol. The Morgan fingerprint density at radius 2 is 1.68 bits per heavy atom. The summed E-state index contributed by atoms with van der Waals surface area (Å²) in [5.41, 5.74) is 9.93. The number of fused-ring (bicyclic) bond motifs is 1. The van der Waals surface area contributed by atoms with Crippen LogP contribution in [-0.4, -0.2) is 72.1 Å². The lowest BCUT2D eigenvalue weighted by Gasteiger charge is -2.35. The molecule has 1 aliphatic carbocycles. The first-order chi connectivity index (χ1) is 19.9. The third-order valence-corrected chi connectivity index (χ3v) is 8.40. The van der Waals surface area contributed by atoms with Crippen LogP contribution >= 0.6 is 0 Å². The Balaban J connectivity index is 1.05. The van der Waals surface area contributed by atoms with Crippen LogP contribution in [0.5, 0.6) is 0 Å². The molecule has 0 bridgehead atoms. The van der Waals surface area contributed by atoms with Gasteiger partial charge in [0.05, 0.1) is 35.0 Å². The van der Waals surface area contributed by atoms with Crippen molar-refractivity contribution >= 4 is 22.8 Å². The molecular formula is C29H31FN10O. The van der Waals surface area contributed by atoms with Crippen LogP contribution in [0.2, 0.25) is 0 Å². The maximum absolute atomic E-state index is 13.4. The van der Waals surface area contributed by atoms with Gasteiger partial charge >= 0.3 is 0 Å². The Morgan fingerprint density at radius 3 is 2.37 bits per heavy atom. The molecule has 5 aromatic rings. The van der Waals surface area contributed by atoms with Crippen LogP contribution in [0.3, 0.4) is 0 Å². The zero-order chi connectivity index (χ0) is 28.1. The van der Waals surface area contributed by atoms with E-state index in [9.17, 15) is 9.50 Å². The van der Waals surface area contributed by atoms with Crippen molar-refractivity contribution in [3.8, 4) is 11.3 Å². The van der Waals surface area contributed by atoms with E-state index in [2.05, 4.69) is 45.9 Å². The van der Waals surface area contributed by atoms with Crippen molar-refractivity contribution in [3.05, 3.63) is 78.4 Å². The Morgan fingerprint density at radius 1 is 0.951 bits per heavy atom. The van der Waals surface area contributed by atoms with Crippen LogP contribution < -0.4 is 15.5 Å². The minimum atomic E-state index is -0.837. The zero-order valence-corrected chi connectivity index (χ0v) is 22.7. The number of aliphatic hydroxyl groups is 1. The third-order valence-electron chi connectivity index (χ3n) is 8.40. The van der Waals surface area contributed by atoms with E-state index in [1.54, 1.807) is 30.9 Å². The van der Waals surface area contributed by atoms with Crippen LogP contribution in [0.4, 0.5) is 16.2 Å². The van der Waals surface area contributed by atoms with E-state index in [0.717, 1.165) is 78.3 Å². The fraction of sp³-hybridized carbons (Fsp3) is 0.345. The zero-order valence-electron chi connectivity index (χ0n) is 22.7. The largest absolute Gasteiger partial charge is 0.391 e. The van der Waals surface area contributed by atoms with Gasteiger partial charge in [-0.25, -0.2) is 24.3 Å². The number of H-pyrrole nitrogens is 1. The molecule has 4 N–H and O–H groups in total. The van der Waals surface area contributed by atoms with Gasteiger partial charge < -0.3 is 25.6 Å². The number of aromatic nitrogens is 7. The smallest absolute Gasteiger partial charge is 0.225 e. The van der Waals surface area contributed by atoms with Gasteiger partial charge in [-0.2, -0.15) is 5.10 Å². The quantitative estimate of drug-likeness (QED) is 0.289. The second-order valence-electron chi connectivity index (χ2n) is 11.0. The van der Waals surface area contributed by atoms with E-state index in [-0.39, 0.29) is 18.0 Å². The molecule has 5 heterocycles. The van der Waals surface area contributed by atoms with E-state index in [1.165, 1.54) is 12.1 Å². The van der Waals surface area contributed by atoms with E-state index in [1.807, 2.05) is 24.0 Å². The van der Waals surface area contributed by atoms with E-state index >= 15 is 0 Å². The van der Waals surface area contributed by atoms with Gasteiger partial charge in [0.25, 0.3) is 0 Å². The summed E-state index contributed by atoms with van der Waals surface area (Å²) >= 11 is 0. The Labute approximate surface area is 235 Å². The highest BCUT2D eigenvalue weighted by Gasteiger charge is 2.31. The number of nitrogens with zero attached hydrogens (tertiary/aromatic N) is 8. The molecule has 7 rings (SSSR count). The highest BCUT2D eigenvalue weighted by Crippen LogP contribution is 2.34. The molecule has 1 saturated heterocycles. The summed E-state index contributed by atoms with van der Waals surface area (Å²) in [6.07, 6.45) is 10.3. The number of nitrogens with one attached hydrogen (secondary N) is 1. The molecule has 0 radical (unpaired) electrons. The van der Waals surface area contributed by atoms with Gasteiger partial charge in [0.15, 0.2) is 0 Å². The predicted octanol–water partition coefficient (Wildman–Crippen LogP) is 3.00. The molecule has 1 aliphatic heterocycles. The number of nitrogens with two attached hydrogens (primary N) is 1. The number of benzene rings is 1. The lowest BCUT2D eigenvalue weighted by atomic mass is 9.87. The Bertz CT molecular complexity index is 1670. The number of hydrogen-bond acceptors (Lipinski definition) is 9. The van der Waals surface area contributed by atoms with Gasteiger partial charge in [-0.3, -0.25) is 4.68 Å². The third kappa shape index (κ3) is 4.58. The summed E-state index contributed by atoms with van der Waals surface area (Å²) < 4.78 is 15.2. The van der Waals surface area contributed by atoms with Gasteiger partial charge in [0.2, 0.25) is 5.95 Å². The van der Waals surface area contributed by atoms with E-state index in [4.69, 9.17) is 5.73 Å². The minimum absolute atomic E-state index is 0.0505. The SMILES string of the molecule is CC(N)(c1ccc(F)cc1)c1cnc(N2CCN(c3ncnc4[nH]c(-c5cnn([C@H]6CC[C@@H]6O)c5)cc34)CC2)nc1. The molecular weight excluding hydrogens is 523 g/mol. The average Bonchev–Trinajstić information content (AvgIpc) is 3.64. The molecule has 4 aromatic heterocycles. The second-order valence-corrected chi connectivity index (χ2v) is 11.0. The number of aliphatic hydroxyl groups excluding tert-OH is 1. The summed E-state index contributed by atoms with van der Waals surface area (Å²) in [5, 5.41) is 15.4. The molecule has 0 amide bonds. The van der Waals surface area contributed by atoms with Gasteiger partial charge in [0, 0.05) is 55.9 Å². The van der Waals surface area contributed by atoms with E-state index < -0.39 is 5.54 Å². The normalized spacial score (nSPS) is 20.7. The maximum atomic E-state index is 13.4. The summed E-state index contributed by atoms with van der Waals surface area (Å²) in [6, 6.07) is 8.31. The van der Waals surface area contributed by atoms with Crippen LogP contribution in [0, 0.1) is 5.82 Å². The van der Waals surface area contributed by atoms with Gasteiger partial charge in [-0.05, 0) is 43.5 Å². The van der Waals surface area contributed by atoms with Crippen molar-refractivity contribution < 1.29 is 9.50 Å². The number of anilines is 2. The van der Waals surface area contributed by atoms with Gasteiger partial charge in [0.1, 0.15) is 23.6 Å². The first-order valence-corrected chi connectivity index (χ1v) is 13.8. The molecule has 2 aliphatic rings. The highest BCUT2D eigenvalue weighted by molar-refractivity contribution is 5.91. The molecule has 210 valence electrons. The maximum Gasteiger partial charge on any atom is 0.225 e. The number of halogens is 1. The summed E-state index contributed by atoms with van der Waals surface area (Å²) in [6.45, 7) is 4.84. The number of rotatable bonds is 6. The molecule has 2 fully saturated rings. The van der Waals surface area contributed by atoms with Crippen LogP contribution in [-0.2, 0) is 5.54 Å². The number of aromatic amines is 1. The van der Waals surface area contributed by atoms with Crippen molar-refractivity contribution in [2.24, 2.45) is 5.73 Å². The molecule has 12 heteroatoms. The van der Waals surface area contributed by atoms with Crippen molar-refractivity contribution in [2.75, 3.05) is 36.0 Å². The predicted molar refractivity (Wildman–Crippen MR) is 153 cm³/mol. The van der Waals surface area contributed by atoms with Gasteiger partial charge in [-0.15, -0.1) is 0 Å². The van der Waals surface area contributed by atoms with Crippen molar-refractivity contribution in [2.45, 2.75) is 37.5 Å². The van der Waals surface area contributed by atoms with Crippen molar-refractivity contribution in [1.82, 2.24) is 34.7 Å². The summed E-state index contributed by atoms with van der Waals surface area (Å²) in [5.74, 6) is 1.23.